The van der Waals surface area contributed by atoms with Gasteiger partial charge in [-0.15, -0.1) is 11.3 Å². The molecular formula is C21H30N2O3S. The number of hydrogen-bond acceptors (Lipinski definition) is 5. The number of carbonyl (C=O) groups is 1. The molecule has 0 bridgehead atoms. The first-order valence-corrected chi connectivity index (χ1v) is 10.6. The molecule has 0 aliphatic heterocycles. The van der Waals surface area contributed by atoms with Gasteiger partial charge in [0.15, 0.2) is 11.9 Å². The minimum atomic E-state index is -0.558. The summed E-state index contributed by atoms with van der Waals surface area (Å²) < 4.78 is 5.67. The number of nitrogens with one attached hydrogen (secondary N) is 1. The minimum absolute atomic E-state index is 0.0484. The lowest BCUT2D eigenvalue weighted by atomic mass is 9.70. The van der Waals surface area contributed by atoms with Crippen molar-refractivity contribution in [1.82, 2.24) is 9.97 Å². The Kier molecular flexibility index (Phi) is 5.48. The average Bonchev–Trinajstić information content (AvgIpc) is 2.88. The van der Waals surface area contributed by atoms with Crippen molar-refractivity contribution in [3.05, 3.63) is 26.6 Å². The number of thiophene rings is 1. The Labute approximate surface area is 164 Å². The molecule has 1 aliphatic rings. The summed E-state index contributed by atoms with van der Waals surface area (Å²) in [6, 6.07) is 0. The second-order valence-corrected chi connectivity index (χ2v) is 10.1. The summed E-state index contributed by atoms with van der Waals surface area (Å²) in [6.45, 7) is 12.5. The third kappa shape index (κ3) is 4.10. The topological polar surface area (TPSA) is 72.0 Å². The van der Waals surface area contributed by atoms with Crippen molar-refractivity contribution in [3.63, 3.8) is 0 Å². The molecule has 6 heteroatoms. The van der Waals surface area contributed by atoms with E-state index < -0.39 is 6.10 Å². The summed E-state index contributed by atoms with van der Waals surface area (Å²) in [4.78, 5) is 34.2. The number of aromatic amines is 1. The minimum Gasteiger partial charge on any atom is -0.454 e. The highest BCUT2D eigenvalue weighted by Gasteiger charge is 2.33. The second-order valence-electron chi connectivity index (χ2n) is 8.91. The number of fused-ring (bicyclic) bond motifs is 1. The summed E-state index contributed by atoms with van der Waals surface area (Å²) in [7, 11) is 0. The molecule has 148 valence electrons. The molecule has 1 saturated carbocycles. The van der Waals surface area contributed by atoms with Gasteiger partial charge in [0, 0.05) is 4.88 Å². The zero-order chi connectivity index (χ0) is 19.9. The van der Waals surface area contributed by atoms with Crippen molar-refractivity contribution in [2.75, 3.05) is 0 Å². The van der Waals surface area contributed by atoms with Crippen LogP contribution in [0.2, 0.25) is 0 Å². The molecule has 27 heavy (non-hydrogen) atoms. The van der Waals surface area contributed by atoms with Gasteiger partial charge in [-0.1, -0.05) is 20.8 Å². The summed E-state index contributed by atoms with van der Waals surface area (Å²) in [6.07, 6.45) is 3.32. The number of ether oxygens (including phenoxy) is 1. The van der Waals surface area contributed by atoms with Crippen LogP contribution in [-0.4, -0.2) is 15.9 Å². The molecule has 2 heterocycles. The Balaban J connectivity index is 1.69. The van der Waals surface area contributed by atoms with Gasteiger partial charge in [-0.05, 0) is 63.4 Å². The highest BCUT2D eigenvalue weighted by atomic mass is 32.1. The molecular weight excluding hydrogens is 360 g/mol. The lowest BCUT2D eigenvalue weighted by Crippen LogP contribution is -2.30. The maximum absolute atomic E-state index is 12.6. The fraction of sp³-hybridized carbons (Fsp3) is 0.667. The molecule has 2 aromatic rings. The smallest absolute Gasteiger partial charge is 0.309 e. The van der Waals surface area contributed by atoms with Crippen molar-refractivity contribution in [2.24, 2.45) is 17.3 Å². The van der Waals surface area contributed by atoms with Gasteiger partial charge in [-0.2, -0.15) is 0 Å². The summed E-state index contributed by atoms with van der Waals surface area (Å²) in [5, 5.41) is 0.639. The summed E-state index contributed by atoms with van der Waals surface area (Å²) in [5.74, 6) is 0.860. The van der Waals surface area contributed by atoms with E-state index >= 15 is 0 Å². The standard InChI is InChI=1S/C21H30N2O3S/c1-11-13(3)27-19-16(11)18(24)22-17(23-19)12(2)26-20(25)14-7-9-15(10-8-14)21(4,5)6/h12,14-15H,7-10H2,1-6H3,(H,22,23,24)/t12-,14?,15?/m1/s1. The van der Waals surface area contributed by atoms with E-state index in [1.165, 1.54) is 11.3 Å². The van der Waals surface area contributed by atoms with Gasteiger partial charge in [0.2, 0.25) is 0 Å². The lowest BCUT2D eigenvalue weighted by molar-refractivity contribution is -0.155. The van der Waals surface area contributed by atoms with Crippen LogP contribution >= 0.6 is 11.3 Å². The van der Waals surface area contributed by atoms with E-state index in [9.17, 15) is 9.59 Å². The molecule has 5 nitrogen and oxygen atoms in total. The molecule has 3 rings (SSSR count). The van der Waals surface area contributed by atoms with Crippen LogP contribution in [0.15, 0.2) is 4.79 Å². The number of nitrogens with zero attached hydrogens (tertiary/aromatic N) is 1. The molecule has 1 aliphatic carbocycles. The molecule has 1 fully saturated rings. The summed E-state index contributed by atoms with van der Waals surface area (Å²) >= 11 is 1.50. The molecule has 0 saturated heterocycles. The number of aromatic nitrogens is 2. The first kappa shape index (κ1) is 20.1. The van der Waals surface area contributed by atoms with Crippen LogP contribution in [0.5, 0.6) is 0 Å². The fourth-order valence-electron chi connectivity index (χ4n) is 3.99. The van der Waals surface area contributed by atoms with Crippen molar-refractivity contribution < 1.29 is 9.53 Å². The molecule has 0 aromatic carbocycles. The molecule has 1 atom stereocenters. The zero-order valence-electron chi connectivity index (χ0n) is 17.1. The first-order valence-electron chi connectivity index (χ1n) is 9.78. The Bertz CT molecular complexity index is 899. The Morgan fingerprint density at radius 3 is 2.44 bits per heavy atom. The van der Waals surface area contributed by atoms with Gasteiger partial charge in [-0.3, -0.25) is 9.59 Å². The van der Waals surface area contributed by atoms with Crippen LogP contribution in [0.1, 0.15) is 75.7 Å². The monoisotopic (exact) mass is 390 g/mol. The third-order valence-corrected chi connectivity index (χ3v) is 7.12. The SMILES string of the molecule is Cc1sc2nc([C@@H](C)OC(=O)C3CCC(C(C)(C)C)CC3)[nH]c(=O)c2c1C. The zero-order valence-corrected chi connectivity index (χ0v) is 18.0. The Hall–Kier alpha value is -1.69. The van der Waals surface area contributed by atoms with Crippen LogP contribution in [-0.2, 0) is 9.53 Å². The maximum atomic E-state index is 12.6. The van der Waals surface area contributed by atoms with Crippen molar-refractivity contribution in [3.8, 4) is 0 Å². The average molecular weight is 391 g/mol. The van der Waals surface area contributed by atoms with Gasteiger partial charge in [0.1, 0.15) is 4.83 Å². The van der Waals surface area contributed by atoms with Crippen LogP contribution in [0.4, 0.5) is 0 Å². The van der Waals surface area contributed by atoms with Crippen LogP contribution in [0.25, 0.3) is 10.2 Å². The Morgan fingerprint density at radius 1 is 1.22 bits per heavy atom. The van der Waals surface area contributed by atoms with Gasteiger partial charge >= 0.3 is 5.97 Å². The van der Waals surface area contributed by atoms with Gasteiger partial charge in [0.05, 0.1) is 11.3 Å². The molecule has 0 unspecified atom stereocenters. The predicted octanol–water partition coefficient (Wildman–Crippen LogP) is 5.06. The van der Waals surface area contributed by atoms with E-state index in [4.69, 9.17) is 4.74 Å². The van der Waals surface area contributed by atoms with Crippen molar-refractivity contribution in [1.29, 1.82) is 0 Å². The van der Waals surface area contributed by atoms with E-state index in [1.807, 2.05) is 13.8 Å². The fourth-order valence-corrected chi connectivity index (χ4v) is 5.02. The van der Waals surface area contributed by atoms with E-state index in [0.29, 0.717) is 22.0 Å². The van der Waals surface area contributed by atoms with Gasteiger partial charge < -0.3 is 9.72 Å². The quantitative estimate of drug-likeness (QED) is 0.744. The van der Waals surface area contributed by atoms with E-state index in [1.54, 1.807) is 6.92 Å². The van der Waals surface area contributed by atoms with Crippen molar-refractivity contribution in [2.45, 2.75) is 73.3 Å². The molecule has 0 amide bonds. The second kappa shape index (κ2) is 7.38. The van der Waals surface area contributed by atoms with Crippen LogP contribution < -0.4 is 5.56 Å². The number of hydrogen-bond donors (Lipinski definition) is 1. The van der Waals surface area contributed by atoms with Gasteiger partial charge in [0.25, 0.3) is 5.56 Å². The van der Waals surface area contributed by atoms with E-state index in [0.717, 1.165) is 36.1 Å². The number of H-pyrrole nitrogens is 1. The number of rotatable bonds is 3. The molecule has 2 aromatic heterocycles. The van der Waals surface area contributed by atoms with Crippen LogP contribution in [0.3, 0.4) is 0 Å². The maximum Gasteiger partial charge on any atom is 0.309 e. The largest absolute Gasteiger partial charge is 0.454 e. The molecule has 0 spiro atoms. The number of aryl methyl sites for hydroxylation is 2. The van der Waals surface area contributed by atoms with Crippen molar-refractivity contribution >= 4 is 27.5 Å². The first-order chi connectivity index (χ1) is 12.6. The lowest BCUT2D eigenvalue weighted by Gasteiger charge is -2.36. The predicted molar refractivity (Wildman–Crippen MR) is 109 cm³/mol. The molecule has 1 N–H and O–H groups in total. The summed E-state index contributed by atoms with van der Waals surface area (Å²) in [5.41, 5.74) is 1.10. The number of carbonyl (C=O) groups excluding carboxylic acids is 1. The number of esters is 1. The van der Waals surface area contributed by atoms with E-state index in [2.05, 4.69) is 30.7 Å². The highest BCUT2D eigenvalue weighted by Crippen LogP contribution is 2.40. The van der Waals surface area contributed by atoms with E-state index in [-0.39, 0.29) is 22.9 Å². The Morgan fingerprint density at radius 2 is 1.85 bits per heavy atom. The van der Waals surface area contributed by atoms with Crippen LogP contribution in [0, 0.1) is 31.1 Å². The third-order valence-electron chi connectivity index (χ3n) is 6.02. The molecule has 0 radical (unpaired) electrons. The normalized spacial score (nSPS) is 22.0. The highest BCUT2D eigenvalue weighted by molar-refractivity contribution is 7.18. The van der Waals surface area contributed by atoms with Gasteiger partial charge in [-0.25, -0.2) is 4.98 Å².